The van der Waals surface area contributed by atoms with Crippen molar-refractivity contribution in [2.75, 3.05) is 40.0 Å². The molecule has 7 heteroatoms. The zero-order valence-electron chi connectivity index (χ0n) is 13.8. The molecule has 2 aliphatic heterocycles. The van der Waals surface area contributed by atoms with Crippen molar-refractivity contribution in [2.45, 2.75) is 44.9 Å². The van der Waals surface area contributed by atoms with Crippen molar-refractivity contribution < 1.29 is 23.8 Å². The molecule has 126 valence electrons. The molecule has 0 aromatic carbocycles. The van der Waals surface area contributed by atoms with Crippen molar-refractivity contribution in [1.82, 2.24) is 9.80 Å². The molecule has 2 rings (SSSR count). The number of amides is 1. The Bertz CT molecular complexity index is 415. The first-order valence-electron chi connectivity index (χ1n) is 7.71. The standard InChI is InChI=1S/C15H26N2O5/c1-15(2,3)22-14(19)17-10-11(9-12(17)13(18)20-4)16-5-7-21-8-6-16/h11-12H,5-10H2,1-4H3/t11-,12+/m0/s1. The highest BCUT2D eigenvalue weighted by Crippen LogP contribution is 2.26. The maximum absolute atomic E-state index is 12.4. The molecular formula is C15H26N2O5. The molecule has 0 saturated carbocycles. The van der Waals surface area contributed by atoms with Crippen LogP contribution in [0.2, 0.25) is 0 Å². The second-order valence-electron chi connectivity index (χ2n) is 6.71. The van der Waals surface area contributed by atoms with Gasteiger partial charge in [0.15, 0.2) is 0 Å². The number of hydrogen-bond donors (Lipinski definition) is 0. The van der Waals surface area contributed by atoms with Crippen LogP contribution in [0.25, 0.3) is 0 Å². The summed E-state index contributed by atoms with van der Waals surface area (Å²) in [6, 6.07) is -0.437. The molecule has 0 spiro atoms. The van der Waals surface area contributed by atoms with Gasteiger partial charge in [-0.05, 0) is 27.2 Å². The van der Waals surface area contributed by atoms with Crippen LogP contribution in [0.15, 0.2) is 0 Å². The second kappa shape index (κ2) is 6.83. The van der Waals surface area contributed by atoms with Gasteiger partial charge in [0.2, 0.25) is 0 Å². The lowest BCUT2D eigenvalue weighted by molar-refractivity contribution is -0.145. The van der Waals surface area contributed by atoms with Crippen LogP contribution in [0.5, 0.6) is 0 Å². The van der Waals surface area contributed by atoms with Crippen molar-refractivity contribution in [2.24, 2.45) is 0 Å². The fourth-order valence-electron chi connectivity index (χ4n) is 2.90. The Kier molecular flexibility index (Phi) is 5.28. The minimum atomic E-state index is -0.588. The summed E-state index contributed by atoms with van der Waals surface area (Å²) in [6.07, 6.45) is 0.116. The molecule has 0 bridgehead atoms. The fourth-order valence-corrected chi connectivity index (χ4v) is 2.90. The van der Waals surface area contributed by atoms with E-state index in [-0.39, 0.29) is 12.0 Å². The Morgan fingerprint density at radius 2 is 1.82 bits per heavy atom. The molecule has 0 unspecified atom stereocenters. The molecule has 0 N–H and O–H groups in total. The summed E-state index contributed by atoms with van der Waals surface area (Å²) in [5.74, 6) is -0.387. The number of carbonyl (C=O) groups is 2. The lowest BCUT2D eigenvalue weighted by atomic mass is 10.1. The average molecular weight is 314 g/mol. The molecule has 2 aliphatic rings. The van der Waals surface area contributed by atoms with Crippen LogP contribution in [0.1, 0.15) is 27.2 Å². The number of nitrogens with zero attached hydrogens (tertiary/aromatic N) is 2. The number of methoxy groups -OCH3 is 1. The van der Waals surface area contributed by atoms with E-state index in [0.29, 0.717) is 26.2 Å². The number of esters is 1. The number of hydrogen-bond acceptors (Lipinski definition) is 6. The molecule has 0 aromatic heterocycles. The van der Waals surface area contributed by atoms with E-state index >= 15 is 0 Å². The highest BCUT2D eigenvalue weighted by atomic mass is 16.6. The summed E-state index contributed by atoms with van der Waals surface area (Å²) in [5.41, 5.74) is -0.588. The molecule has 1 amide bonds. The van der Waals surface area contributed by atoms with Crippen LogP contribution in [0, 0.1) is 0 Å². The van der Waals surface area contributed by atoms with Crippen molar-refractivity contribution in [3.8, 4) is 0 Å². The van der Waals surface area contributed by atoms with Gasteiger partial charge in [0.1, 0.15) is 11.6 Å². The van der Waals surface area contributed by atoms with Gasteiger partial charge in [0.05, 0.1) is 20.3 Å². The van der Waals surface area contributed by atoms with Gasteiger partial charge in [-0.1, -0.05) is 0 Å². The van der Waals surface area contributed by atoms with Crippen molar-refractivity contribution in [3.05, 3.63) is 0 Å². The molecule has 7 nitrogen and oxygen atoms in total. The van der Waals surface area contributed by atoms with E-state index in [1.807, 2.05) is 20.8 Å². The van der Waals surface area contributed by atoms with Crippen LogP contribution in [0.3, 0.4) is 0 Å². The predicted octanol–water partition coefficient (Wildman–Crippen LogP) is 0.870. The van der Waals surface area contributed by atoms with Gasteiger partial charge in [0, 0.05) is 25.7 Å². The average Bonchev–Trinajstić information content (AvgIpc) is 2.91. The quantitative estimate of drug-likeness (QED) is 0.705. The maximum atomic E-state index is 12.4. The number of likely N-dealkylation sites (tertiary alicyclic amines) is 1. The van der Waals surface area contributed by atoms with E-state index in [1.54, 1.807) is 0 Å². The minimum absolute atomic E-state index is 0.139. The highest BCUT2D eigenvalue weighted by molar-refractivity contribution is 5.82. The summed E-state index contributed by atoms with van der Waals surface area (Å²) in [7, 11) is 1.34. The van der Waals surface area contributed by atoms with Crippen molar-refractivity contribution in [1.29, 1.82) is 0 Å². The lowest BCUT2D eigenvalue weighted by Gasteiger charge is -2.32. The third-order valence-electron chi connectivity index (χ3n) is 3.94. The van der Waals surface area contributed by atoms with Gasteiger partial charge in [-0.15, -0.1) is 0 Å². The zero-order chi connectivity index (χ0) is 16.3. The van der Waals surface area contributed by atoms with E-state index in [4.69, 9.17) is 14.2 Å². The number of carbonyl (C=O) groups excluding carboxylic acids is 2. The summed E-state index contributed by atoms with van der Waals surface area (Å²) >= 11 is 0. The first kappa shape index (κ1) is 17.0. The number of morpholine rings is 1. The summed E-state index contributed by atoms with van der Waals surface area (Å²) in [4.78, 5) is 28.1. The fraction of sp³-hybridized carbons (Fsp3) is 0.867. The molecule has 22 heavy (non-hydrogen) atoms. The third kappa shape index (κ3) is 4.10. The van der Waals surface area contributed by atoms with Crippen LogP contribution in [0.4, 0.5) is 4.79 Å². The van der Waals surface area contributed by atoms with Crippen molar-refractivity contribution in [3.63, 3.8) is 0 Å². The predicted molar refractivity (Wildman–Crippen MR) is 79.5 cm³/mol. The number of ether oxygens (including phenoxy) is 3. The molecule has 0 aliphatic carbocycles. The normalized spacial score (nSPS) is 26.8. The Balaban J connectivity index is 2.07. The molecule has 2 saturated heterocycles. The molecule has 2 atom stereocenters. The molecule has 2 heterocycles. The Morgan fingerprint density at radius 3 is 2.36 bits per heavy atom. The molecule has 0 aromatic rings. The molecular weight excluding hydrogens is 288 g/mol. The van der Waals surface area contributed by atoms with Gasteiger partial charge in [0.25, 0.3) is 0 Å². The van der Waals surface area contributed by atoms with E-state index in [0.717, 1.165) is 13.1 Å². The summed E-state index contributed by atoms with van der Waals surface area (Å²) < 4.78 is 15.6. The minimum Gasteiger partial charge on any atom is -0.467 e. The van der Waals surface area contributed by atoms with Gasteiger partial charge in [-0.3, -0.25) is 9.80 Å². The zero-order valence-corrected chi connectivity index (χ0v) is 13.8. The number of rotatable bonds is 2. The first-order valence-corrected chi connectivity index (χ1v) is 7.71. The monoisotopic (exact) mass is 314 g/mol. The summed E-state index contributed by atoms with van der Waals surface area (Å²) in [5, 5.41) is 0. The first-order chi connectivity index (χ1) is 10.3. The lowest BCUT2D eigenvalue weighted by Crippen LogP contribution is -2.46. The Morgan fingerprint density at radius 1 is 1.18 bits per heavy atom. The van der Waals surface area contributed by atoms with Crippen LogP contribution < -0.4 is 0 Å². The Labute approximate surface area is 131 Å². The van der Waals surface area contributed by atoms with Crippen LogP contribution >= 0.6 is 0 Å². The molecule has 0 radical (unpaired) electrons. The molecule has 2 fully saturated rings. The van der Waals surface area contributed by atoms with Crippen LogP contribution in [-0.4, -0.2) is 79.5 Å². The second-order valence-corrected chi connectivity index (χ2v) is 6.71. The maximum Gasteiger partial charge on any atom is 0.411 e. The van der Waals surface area contributed by atoms with Gasteiger partial charge >= 0.3 is 12.1 Å². The third-order valence-corrected chi connectivity index (χ3v) is 3.94. The smallest absolute Gasteiger partial charge is 0.411 e. The SMILES string of the molecule is COC(=O)[C@H]1C[C@H](N2CCOCC2)CN1C(=O)OC(C)(C)C. The van der Waals surface area contributed by atoms with Gasteiger partial charge < -0.3 is 14.2 Å². The highest BCUT2D eigenvalue weighted by Gasteiger charge is 2.44. The van der Waals surface area contributed by atoms with E-state index in [1.165, 1.54) is 12.0 Å². The summed E-state index contributed by atoms with van der Waals surface area (Å²) in [6.45, 7) is 8.93. The van der Waals surface area contributed by atoms with E-state index in [9.17, 15) is 9.59 Å². The van der Waals surface area contributed by atoms with Crippen LogP contribution in [-0.2, 0) is 19.0 Å². The van der Waals surface area contributed by atoms with E-state index < -0.39 is 17.7 Å². The Hall–Kier alpha value is -1.34. The topological polar surface area (TPSA) is 68.3 Å². The van der Waals surface area contributed by atoms with Crippen molar-refractivity contribution >= 4 is 12.1 Å². The van der Waals surface area contributed by atoms with Gasteiger partial charge in [-0.25, -0.2) is 9.59 Å². The van der Waals surface area contributed by atoms with E-state index in [2.05, 4.69) is 4.90 Å². The van der Waals surface area contributed by atoms with Gasteiger partial charge in [-0.2, -0.15) is 0 Å². The largest absolute Gasteiger partial charge is 0.467 e.